The van der Waals surface area contributed by atoms with Crippen molar-refractivity contribution < 1.29 is 4.74 Å². The molecule has 0 amide bonds. The van der Waals surface area contributed by atoms with Crippen molar-refractivity contribution in [3.05, 3.63) is 34.3 Å². The van der Waals surface area contributed by atoms with Crippen LogP contribution < -0.4 is 5.73 Å². The van der Waals surface area contributed by atoms with Crippen molar-refractivity contribution in [3.63, 3.8) is 0 Å². The number of nitrogens with two attached hydrogens (primary N) is 1. The third-order valence-electron chi connectivity index (χ3n) is 2.48. The molecule has 0 radical (unpaired) electrons. The van der Waals surface area contributed by atoms with Gasteiger partial charge in [0.1, 0.15) is 0 Å². The van der Waals surface area contributed by atoms with E-state index in [1.165, 1.54) is 5.56 Å². The first kappa shape index (κ1) is 12.7. The third kappa shape index (κ3) is 4.33. The van der Waals surface area contributed by atoms with Crippen LogP contribution >= 0.6 is 15.9 Å². The van der Waals surface area contributed by atoms with Crippen molar-refractivity contribution >= 4 is 15.9 Å². The minimum Gasteiger partial charge on any atom is -0.382 e. The molecule has 0 aliphatic carbocycles. The van der Waals surface area contributed by atoms with Crippen molar-refractivity contribution in [2.75, 3.05) is 7.11 Å². The Morgan fingerprint density at radius 2 is 2.07 bits per heavy atom. The molecule has 1 aromatic carbocycles. The van der Waals surface area contributed by atoms with E-state index in [1.807, 2.05) is 25.1 Å². The summed E-state index contributed by atoms with van der Waals surface area (Å²) in [6.45, 7) is 2.04. The van der Waals surface area contributed by atoms with Gasteiger partial charge >= 0.3 is 0 Å². The first-order valence-corrected chi connectivity index (χ1v) is 5.94. The van der Waals surface area contributed by atoms with E-state index >= 15 is 0 Å². The van der Waals surface area contributed by atoms with Crippen molar-refractivity contribution in [2.45, 2.75) is 31.9 Å². The monoisotopic (exact) mass is 271 g/mol. The van der Waals surface area contributed by atoms with Gasteiger partial charge in [-0.1, -0.05) is 34.1 Å². The van der Waals surface area contributed by atoms with Gasteiger partial charge in [-0.25, -0.2) is 0 Å². The highest BCUT2D eigenvalue weighted by Gasteiger charge is 2.10. The molecule has 0 saturated heterocycles. The van der Waals surface area contributed by atoms with Gasteiger partial charge in [-0.05, 0) is 31.4 Å². The molecule has 0 heterocycles. The predicted octanol–water partition coefficient (Wildman–Crippen LogP) is 2.74. The standard InChI is InChI=1S/C12H18BrNO/c1-9(15-2)7-11(14)8-10-5-3-4-6-12(10)13/h3-6,9,11H,7-8,14H2,1-2H3. The number of methoxy groups -OCH3 is 1. The van der Waals surface area contributed by atoms with Crippen molar-refractivity contribution in [3.8, 4) is 0 Å². The fourth-order valence-corrected chi connectivity index (χ4v) is 2.00. The molecule has 0 spiro atoms. The van der Waals surface area contributed by atoms with Gasteiger partial charge in [0.25, 0.3) is 0 Å². The fraction of sp³-hybridized carbons (Fsp3) is 0.500. The molecule has 0 saturated carbocycles. The molecule has 0 bridgehead atoms. The van der Waals surface area contributed by atoms with Gasteiger partial charge < -0.3 is 10.5 Å². The molecule has 15 heavy (non-hydrogen) atoms. The van der Waals surface area contributed by atoms with Crippen LogP contribution in [0, 0.1) is 0 Å². The van der Waals surface area contributed by atoms with E-state index in [0.29, 0.717) is 0 Å². The van der Waals surface area contributed by atoms with Gasteiger partial charge in [0, 0.05) is 17.6 Å². The molecule has 2 unspecified atom stereocenters. The van der Waals surface area contributed by atoms with Gasteiger partial charge in [0.15, 0.2) is 0 Å². The lowest BCUT2D eigenvalue weighted by molar-refractivity contribution is 0.104. The lowest BCUT2D eigenvalue weighted by Gasteiger charge is -2.16. The minimum atomic E-state index is 0.152. The highest BCUT2D eigenvalue weighted by molar-refractivity contribution is 9.10. The summed E-state index contributed by atoms with van der Waals surface area (Å²) in [5, 5.41) is 0. The zero-order valence-corrected chi connectivity index (χ0v) is 10.8. The van der Waals surface area contributed by atoms with Crippen LogP contribution in [0.1, 0.15) is 18.9 Å². The van der Waals surface area contributed by atoms with E-state index < -0.39 is 0 Å². The fourth-order valence-electron chi connectivity index (χ4n) is 1.55. The molecule has 3 heteroatoms. The van der Waals surface area contributed by atoms with Crippen molar-refractivity contribution in [1.29, 1.82) is 0 Å². The Hall–Kier alpha value is -0.380. The second-order valence-electron chi connectivity index (χ2n) is 3.84. The van der Waals surface area contributed by atoms with Crippen LogP contribution in [0.3, 0.4) is 0 Å². The number of benzene rings is 1. The summed E-state index contributed by atoms with van der Waals surface area (Å²) < 4.78 is 6.33. The smallest absolute Gasteiger partial charge is 0.0558 e. The molecule has 1 rings (SSSR count). The Labute approximate surface area is 99.9 Å². The summed E-state index contributed by atoms with van der Waals surface area (Å²) >= 11 is 3.52. The Balaban J connectivity index is 2.51. The Kier molecular flexibility index (Phi) is 5.29. The average molecular weight is 272 g/mol. The Morgan fingerprint density at radius 3 is 2.67 bits per heavy atom. The summed E-state index contributed by atoms with van der Waals surface area (Å²) in [4.78, 5) is 0. The summed E-state index contributed by atoms with van der Waals surface area (Å²) in [6.07, 6.45) is 2.00. The Morgan fingerprint density at radius 1 is 1.40 bits per heavy atom. The second-order valence-corrected chi connectivity index (χ2v) is 4.69. The molecular formula is C12H18BrNO. The number of hydrogen-bond acceptors (Lipinski definition) is 2. The number of rotatable bonds is 5. The van der Waals surface area contributed by atoms with Crippen LogP contribution in [0.15, 0.2) is 28.7 Å². The maximum atomic E-state index is 6.05. The van der Waals surface area contributed by atoms with E-state index in [2.05, 4.69) is 22.0 Å². The zero-order valence-electron chi connectivity index (χ0n) is 9.24. The molecule has 0 aromatic heterocycles. The van der Waals surface area contributed by atoms with Crippen LogP contribution in [-0.2, 0) is 11.2 Å². The highest BCUT2D eigenvalue weighted by Crippen LogP contribution is 2.18. The van der Waals surface area contributed by atoms with Crippen molar-refractivity contribution in [1.82, 2.24) is 0 Å². The maximum Gasteiger partial charge on any atom is 0.0558 e. The van der Waals surface area contributed by atoms with E-state index in [9.17, 15) is 0 Å². The van der Waals surface area contributed by atoms with Crippen LogP contribution in [0.5, 0.6) is 0 Å². The molecule has 2 atom stereocenters. The molecule has 2 nitrogen and oxygen atoms in total. The van der Waals surface area contributed by atoms with Crippen LogP contribution in [-0.4, -0.2) is 19.3 Å². The number of ether oxygens (including phenoxy) is 1. The molecule has 2 N–H and O–H groups in total. The number of halogens is 1. The average Bonchev–Trinajstić information content (AvgIpc) is 2.21. The highest BCUT2D eigenvalue weighted by atomic mass is 79.9. The first-order chi connectivity index (χ1) is 7.13. The third-order valence-corrected chi connectivity index (χ3v) is 3.25. The molecule has 84 valence electrons. The van der Waals surface area contributed by atoms with Crippen LogP contribution in [0.2, 0.25) is 0 Å². The summed E-state index contributed by atoms with van der Waals surface area (Å²) in [5.74, 6) is 0. The predicted molar refractivity (Wildman–Crippen MR) is 66.9 cm³/mol. The van der Waals surface area contributed by atoms with E-state index in [-0.39, 0.29) is 12.1 Å². The molecule has 0 aliphatic rings. The van der Waals surface area contributed by atoms with E-state index in [1.54, 1.807) is 7.11 Å². The van der Waals surface area contributed by atoms with Gasteiger partial charge in [-0.3, -0.25) is 0 Å². The van der Waals surface area contributed by atoms with Gasteiger partial charge in [-0.15, -0.1) is 0 Å². The van der Waals surface area contributed by atoms with Crippen molar-refractivity contribution in [2.24, 2.45) is 5.73 Å². The quantitative estimate of drug-likeness (QED) is 0.894. The number of hydrogen-bond donors (Lipinski definition) is 1. The van der Waals surface area contributed by atoms with Gasteiger partial charge in [0.05, 0.1) is 6.10 Å². The lowest BCUT2D eigenvalue weighted by Crippen LogP contribution is -2.28. The Bertz CT molecular complexity index is 303. The normalized spacial score (nSPS) is 14.9. The van der Waals surface area contributed by atoms with Crippen LogP contribution in [0.25, 0.3) is 0 Å². The SMILES string of the molecule is COC(C)CC(N)Cc1ccccc1Br. The minimum absolute atomic E-state index is 0.152. The summed E-state index contributed by atoms with van der Waals surface area (Å²) in [5.41, 5.74) is 7.31. The van der Waals surface area contributed by atoms with E-state index in [0.717, 1.165) is 17.3 Å². The summed E-state index contributed by atoms with van der Waals surface area (Å²) in [7, 11) is 1.72. The molecule has 0 fully saturated rings. The molecular weight excluding hydrogens is 254 g/mol. The molecule has 0 aliphatic heterocycles. The lowest BCUT2D eigenvalue weighted by atomic mass is 10.0. The molecule has 1 aromatic rings. The zero-order chi connectivity index (χ0) is 11.3. The van der Waals surface area contributed by atoms with Gasteiger partial charge in [0.2, 0.25) is 0 Å². The maximum absolute atomic E-state index is 6.05. The largest absolute Gasteiger partial charge is 0.382 e. The van der Waals surface area contributed by atoms with Gasteiger partial charge in [-0.2, -0.15) is 0 Å². The second kappa shape index (κ2) is 6.26. The van der Waals surface area contributed by atoms with Crippen LogP contribution in [0.4, 0.5) is 0 Å². The summed E-state index contributed by atoms with van der Waals surface area (Å²) in [6, 6.07) is 8.34. The topological polar surface area (TPSA) is 35.2 Å². The van der Waals surface area contributed by atoms with E-state index in [4.69, 9.17) is 10.5 Å². The first-order valence-electron chi connectivity index (χ1n) is 5.15.